The Morgan fingerprint density at radius 3 is 2.93 bits per heavy atom. The van der Waals surface area contributed by atoms with Crippen LogP contribution in [0, 0.1) is 0 Å². The normalized spacial score (nSPS) is 22.3. The molecule has 0 spiro atoms. The van der Waals surface area contributed by atoms with Crippen molar-refractivity contribution in [1.29, 1.82) is 0 Å². The number of aromatic nitrogens is 1. The second-order valence-electron chi connectivity index (χ2n) is 3.10. The molecule has 0 bridgehead atoms. The lowest BCUT2D eigenvalue weighted by Gasteiger charge is -2.24. The van der Waals surface area contributed by atoms with Crippen molar-refractivity contribution in [3.8, 4) is 0 Å². The van der Waals surface area contributed by atoms with Crippen LogP contribution in [-0.2, 0) is 4.74 Å². The molecule has 0 amide bonds. The molecular weight excluding hydrogens is 223 g/mol. The molecule has 0 saturated carbocycles. The average molecular weight is 233 g/mol. The topological polar surface area (TPSA) is 34.1 Å². The first-order valence-corrected chi connectivity index (χ1v) is 5.16. The fourth-order valence-corrected chi connectivity index (χ4v) is 1.92. The molecule has 0 radical (unpaired) electrons. The zero-order valence-electron chi connectivity index (χ0n) is 7.46. The summed E-state index contributed by atoms with van der Waals surface area (Å²) in [6.45, 7) is 2.21. The Morgan fingerprint density at radius 2 is 2.29 bits per heavy atom. The Bertz CT molecular complexity index is 327. The van der Waals surface area contributed by atoms with Crippen molar-refractivity contribution in [2.45, 2.75) is 6.04 Å². The maximum atomic E-state index is 5.97. The summed E-state index contributed by atoms with van der Waals surface area (Å²) in [6, 6.07) is 3.74. The second kappa shape index (κ2) is 4.45. The Hall–Kier alpha value is -0.350. The monoisotopic (exact) mass is 232 g/mol. The number of nitrogens with one attached hydrogen (secondary N) is 1. The van der Waals surface area contributed by atoms with E-state index in [9.17, 15) is 0 Å². The second-order valence-corrected chi connectivity index (χ2v) is 3.84. The molecule has 14 heavy (non-hydrogen) atoms. The molecule has 5 heteroatoms. The van der Waals surface area contributed by atoms with Gasteiger partial charge in [-0.2, -0.15) is 0 Å². The summed E-state index contributed by atoms with van der Waals surface area (Å²) in [5, 5.41) is 4.16. The van der Waals surface area contributed by atoms with E-state index in [0.29, 0.717) is 16.9 Å². The molecular formula is C9H10Cl2N2O. The fourth-order valence-electron chi connectivity index (χ4n) is 1.45. The number of pyridine rings is 1. The summed E-state index contributed by atoms with van der Waals surface area (Å²) in [7, 11) is 0. The van der Waals surface area contributed by atoms with Crippen LogP contribution in [-0.4, -0.2) is 24.7 Å². The maximum absolute atomic E-state index is 5.97. The van der Waals surface area contributed by atoms with Crippen LogP contribution in [0.15, 0.2) is 12.1 Å². The van der Waals surface area contributed by atoms with Gasteiger partial charge >= 0.3 is 0 Å². The van der Waals surface area contributed by atoms with Gasteiger partial charge in [-0.3, -0.25) is 0 Å². The van der Waals surface area contributed by atoms with Crippen LogP contribution in [0.5, 0.6) is 0 Å². The smallest absolute Gasteiger partial charge is 0.135 e. The lowest BCUT2D eigenvalue weighted by Crippen LogP contribution is -2.34. The molecule has 76 valence electrons. The van der Waals surface area contributed by atoms with Gasteiger partial charge in [0, 0.05) is 12.1 Å². The number of hydrogen-bond donors (Lipinski definition) is 1. The molecule has 0 aliphatic carbocycles. The Balaban J connectivity index is 2.22. The summed E-state index contributed by atoms with van der Waals surface area (Å²) >= 11 is 11.7. The summed E-state index contributed by atoms with van der Waals surface area (Å²) in [6.07, 6.45) is 0. The van der Waals surface area contributed by atoms with E-state index < -0.39 is 0 Å². The number of halogens is 2. The molecule has 1 aliphatic rings. The van der Waals surface area contributed by atoms with E-state index in [2.05, 4.69) is 10.3 Å². The van der Waals surface area contributed by atoms with Gasteiger partial charge in [-0.05, 0) is 6.07 Å². The van der Waals surface area contributed by atoms with Crippen molar-refractivity contribution in [3.05, 3.63) is 28.0 Å². The van der Waals surface area contributed by atoms with Gasteiger partial charge in [0.25, 0.3) is 0 Å². The van der Waals surface area contributed by atoms with Gasteiger partial charge in [0.05, 0.1) is 19.3 Å². The van der Waals surface area contributed by atoms with Gasteiger partial charge in [0.15, 0.2) is 0 Å². The molecule has 1 atom stereocenters. The van der Waals surface area contributed by atoms with Gasteiger partial charge in [0.2, 0.25) is 0 Å². The molecule has 2 heterocycles. The molecule has 1 saturated heterocycles. The third-order valence-corrected chi connectivity index (χ3v) is 2.65. The SMILES string of the molecule is Clc1ccc(C2COCCN2)c(Cl)n1. The summed E-state index contributed by atoms with van der Waals surface area (Å²) in [4.78, 5) is 3.98. The minimum absolute atomic E-state index is 0.126. The van der Waals surface area contributed by atoms with Crippen molar-refractivity contribution >= 4 is 23.2 Å². The Kier molecular flexibility index (Phi) is 3.23. The van der Waals surface area contributed by atoms with Crippen LogP contribution in [0.3, 0.4) is 0 Å². The summed E-state index contributed by atoms with van der Waals surface area (Å²) in [5.41, 5.74) is 0.941. The summed E-state index contributed by atoms with van der Waals surface area (Å²) in [5.74, 6) is 0. The van der Waals surface area contributed by atoms with Gasteiger partial charge in [-0.1, -0.05) is 29.3 Å². The molecule has 1 aromatic heterocycles. The molecule has 0 aromatic carbocycles. The van der Waals surface area contributed by atoms with Crippen LogP contribution in [0.4, 0.5) is 0 Å². The van der Waals surface area contributed by atoms with E-state index in [1.165, 1.54) is 0 Å². The zero-order valence-corrected chi connectivity index (χ0v) is 8.98. The van der Waals surface area contributed by atoms with Crippen LogP contribution >= 0.6 is 23.2 Å². The fraction of sp³-hybridized carbons (Fsp3) is 0.444. The van der Waals surface area contributed by atoms with Crippen molar-refractivity contribution in [2.24, 2.45) is 0 Å². The van der Waals surface area contributed by atoms with Crippen LogP contribution < -0.4 is 5.32 Å². The zero-order chi connectivity index (χ0) is 9.97. The predicted molar refractivity (Wildman–Crippen MR) is 55.8 cm³/mol. The first kappa shape index (κ1) is 10.2. The molecule has 1 aliphatic heterocycles. The van der Waals surface area contributed by atoms with Crippen LogP contribution in [0.2, 0.25) is 10.3 Å². The quantitative estimate of drug-likeness (QED) is 0.754. The number of nitrogens with zero attached hydrogens (tertiary/aromatic N) is 1. The van der Waals surface area contributed by atoms with Crippen LogP contribution in [0.25, 0.3) is 0 Å². The van der Waals surface area contributed by atoms with E-state index in [1.54, 1.807) is 6.07 Å². The maximum Gasteiger partial charge on any atom is 0.135 e. The molecule has 3 nitrogen and oxygen atoms in total. The number of morpholine rings is 1. The highest BCUT2D eigenvalue weighted by atomic mass is 35.5. The summed E-state index contributed by atoms with van der Waals surface area (Å²) < 4.78 is 5.34. The Morgan fingerprint density at radius 1 is 1.43 bits per heavy atom. The van der Waals surface area contributed by atoms with E-state index in [-0.39, 0.29) is 6.04 Å². The first-order chi connectivity index (χ1) is 6.77. The van der Waals surface area contributed by atoms with E-state index >= 15 is 0 Å². The number of hydrogen-bond acceptors (Lipinski definition) is 3. The number of rotatable bonds is 1. The van der Waals surface area contributed by atoms with E-state index in [4.69, 9.17) is 27.9 Å². The molecule has 1 unspecified atom stereocenters. The largest absolute Gasteiger partial charge is 0.378 e. The van der Waals surface area contributed by atoms with Crippen molar-refractivity contribution < 1.29 is 4.74 Å². The predicted octanol–water partition coefficient (Wildman–Crippen LogP) is 2.05. The van der Waals surface area contributed by atoms with Crippen molar-refractivity contribution in [1.82, 2.24) is 10.3 Å². The molecule has 1 aromatic rings. The standard InChI is InChI=1S/C9H10Cl2N2O/c10-8-2-1-6(9(11)13-8)7-5-14-4-3-12-7/h1-2,7,12H,3-5H2. The third-order valence-electron chi connectivity index (χ3n) is 2.14. The van der Waals surface area contributed by atoms with Gasteiger partial charge in [-0.25, -0.2) is 4.98 Å². The van der Waals surface area contributed by atoms with Crippen molar-refractivity contribution in [3.63, 3.8) is 0 Å². The van der Waals surface area contributed by atoms with Crippen LogP contribution in [0.1, 0.15) is 11.6 Å². The molecule has 2 rings (SSSR count). The first-order valence-electron chi connectivity index (χ1n) is 4.40. The highest BCUT2D eigenvalue weighted by molar-refractivity contribution is 6.32. The van der Waals surface area contributed by atoms with Gasteiger partial charge in [-0.15, -0.1) is 0 Å². The lowest BCUT2D eigenvalue weighted by molar-refractivity contribution is 0.0768. The van der Waals surface area contributed by atoms with E-state index in [1.807, 2.05) is 6.07 Å². The Labute approximate surface area is 92.4 Å². The van der Waals surface area contributed by atoms with Crippen molar-refractivity contribution in [2.75, 3.05) is 19.8 Å². The molecule has 1 N–H and O–H groups in total. The van der Waals surface area contributed by atoms with Gasteiger partial charge < -0.3 is 10.1 Å². The number of ether oxygens (including phenoxy) is 1. The highest BCUT2D eigenvalue weighted by Crippen LogP contribution is 2.24. The minimum atomic E-state index is 0.126. The minimum Gasteiger partial charge on any atom is -0.378 e. The van der Waals surface area contributed by atoms with E-state index in [0.717, 1.165) is 18.7 Å². The third kappa shape index (κ3) is 2.17. The highest BCUT2D eigenvalue weighted by Gasteiger charge is 2.18. The average Bonchev–Trinajstić information content (AvgIpc) is 2.19. The lowest BCUT2D eigenvalue weighted by atomic mass is 10.1. The van der Waals surface area contributed by atoms with Gasteiger partial charge in [0.1, 0.15) is 10.3 Å². The molecule has 1 fully saturated rings.